The number of ether oxygens (including phenoxy) is 1. The summed E-state index contributed by atoms with van der Waals surface area (Å²) in [7, 11) is 0. The van der Waals surface area contributed by atoms with E-state index in [9.17, 15) is 18.9 Å². The quantitative estimate of drug-likeness (QED) is 0.529. The molecule has 2 aromatic carbocycles. The Morgan fingerprint density at radius 1 is 1.20 bits per heavy atom. The predicted octanol–water partition coefficient (Wildman–Crippen LogP) is 3.90. The van der Waals surface area contributed by atoms with Crippen molar-refractivity contribution >= 4 is 23.0 Å². The second-order valence-electron chi connectivity index (χ2n) is 3.78. The van der Waals surface area contributed by atoms with Gasteiger partial charge in [-0.2, -0.15) is 0 Å². The molecule has 0 atom stereocenters. The molecule has 0 heterocycles. The lowest BCUT2D eigenvalue weighted by atomic mass is 10.2. The number of hydrogen-bond acceptors (Lipinski definition) is 4. The first-order valence-electron chi connectivity index (χ1n) is 5.25. The van der Waals surface area contributed by atoms with Gasteiger partial charge in [-0.1, -0.05) is 11.6 Å². The van der Waals surface area contributed by atoms with Crippen molar-refractivity contribution in [2.75, 3.05) is 5.73 Å². The van der Waals surface area contributed by atoms with Gasteiger partial charge < -0.3 is 10.5 Å². The van der Waals surface area contributed by atoms with Crippen LogP contribution in [0, 0.1) is 21.7 Å². The standard InChI is InChI=1S/C12H7ClF2N2O3/c13-8-3-6(17(18)19)4-10(15)12(8)20-7-1-2-9(14)11(16)5-7/h1-5H,16H2. The molecule has 0 aromatic heterocycles. The SMILES string of the molecule is Nc1cc(Oc2c(F)cc([N+](=O)[O-])cc2Cl)ccc1F. The van der Waals surface area contributed by atoms with Crippen molar-refractivity contribution in [3.05, 3.63) is 57.1 Å². The molecule has 5 nitrogen and oxygen atoms in total. The van der Waals surface area contributed by atoms with Crippen LogP contribution in [0.5, 0.6) is 11.5 Å². The molecule has 2 aromatic rings. The number of nitro groups is 1. The zero-order valence-corrected chi connectivity index (χ0v) is 10.5. The van der Waals surface area contributed by atoms with Crippen LogP contribution in [-0.4, -0.2) is 4.92 Å². The zero-order chi connectivity index (χ0) is 14.9. The van der Waals surface area contributed by atoms with Crippen molar-refractivity contribution < 1.29 is 18.4 Å². The monoisotopic (exact) mass is 300 g/mol. The van der Waals surface area contributed by atoms with Crippen LogP contribution in [0.25, 0.3) is 0 Å². The molecule has 0 aliphatic heterocycles. The summed E-state index contributed by atoms with van der Waals surface area (Å²) in [5.41, 5.74) is 4.66. The Hall–Kier alpha value is -2.41. The number of nitro benzene ring substituents is 1. The number of benzene rings is 2. The fourth-order valence-corrected chi connectivity index (χ4v) is 1.69. The minimum atomic E-state index is -1.01. The lowest BCUT2D eigenvalue weighted by Crippen LogP contribution is -1.95. The second kappa shape index (κ2) is 5.30. The molecular formula is C12H7ClF2N2O3. The zero-order valence-electron chi connectivity index (χ0n) is 9.77. The molecule has 0 fully saturated rings. The maximum Gasteiger partial charge on any atom is 0.274 e. The molecule has 0 spiro atoms. The molecule has 104 valence electrons. The van der Waals surface area contributed by atoms with Crippen LogP contribution in [0.15, 0.2) is 30.3 Å². The van der Waals surface area contributed by atoms with E-state index in [0.29, 0.717) is 6.07 Å². The molecule has 0 saturated carbocycles. The van der Waals surface area contributed by atoms with E-state index >= 15 is 0 Å². The highest BCUT2D eigenvalue weighted by Crippen LogP contribution is 2.36. The summed E-state index contributed by atoms with van der Waals surface area (Å²) in [6.07, 6.45) is 0. The Morgan fingerprint density at radius 3 is 2.45 bits per heavy atom. The van der Waals surface area contributed by atoms with Crippen molar-refractivity contribution in [3.63, 3.8) is 0 Å². The first kappa shape index (κ1) is 14.0. The van der Waals surface area contributed by atoms with Gasteiger partial charge in [-0.25, -0.2) is 8.78 Å². The van der Waals surface area contributed by atoms with Gasteiger partial charge in [0.1, 0.15) is 11.6 Å². The molecule has 0 radical (unpaired) electrons. The summed E-state index contributed by atoms with van der Waals surface area (Å²) in [5.74, 6) is -2.00. The van der Waals surface area contributed by atoms with E-state index in [1.165, 1.54) is 6.07 Å². The molecule has 0 amide bonds. The van der Waals surface area contributed by atoms with Crippen LogP contribution < -0.4 is 10.5 Å². The first-order chi connectivity index (χ1) is 9.38. The third kappa shape index (κ3) is 2.77. The number of hydrogen-bond donors (Lipinski definition) is 1. The highest BCUT2D eigenvalue weighted by Gasteiger charge is 2.18. The predicted molar refractivity (Wildman–Crippen MR) is 69.0 cm³/mol. The molecule has 20 heavy (non-hydrogen) atoms. The van der Waals surface area contributed by atoms with Crippen molar-refractivity contribution in [2.24, 2.45) is 0 Å². The van der Waals surface area contributed by atoms with Gasteiger partial charge in [0.2, 0.25) is 0 Å². The van der Waals surface area contributed by atoms with Crippen LogP contribution in [0.4, 0.5) is 20.2 Å². The number of non-ortho nitro benzene ring substituents is 1. The van der Waals surface area contributed by atoms with Crippen molar-refractivity contribution in [2.45, 2.75) is 0 Å². The van der Waals surface area contributed by atoms with Gasteiger partial charge in [-0.3, -0.25) is 10.1 Å². The average molecular weight is 301 g/mol. The summed E-state index contributed by atoms with van der Waals surface area (Å²) in [4.78, 5) is 9.76. The number of anilines is 1. The third-order valence-corrected chi connectivity index (χ3v) is 2.66. The van der Waals surface area contributed by atoms with Crippen molar-refractivity contribution in [1.82, 2.24) is 0 Å². The van der Waals surface area contributed by atoms with Crippen LogP contribution >= 0.6 is 11.6 Å². The van der Waals surface area contributed by atoms with E-state index in [1.807, 2.05) is 0 Å². The summed E-state index contributed by atoms with van der Waals surface area (Å²) in [5, 5.41) is 10.3. The molecular weight excluding hydrogens is 294 g/mol. The Bertz CT molecular complexity index is 671. The summed E-state index contributed by atoms with van der Waals surface area (Å²) >= 11 is 5.72. The third-order valence-electron chi connectivity index (χ3n) is 2.38. The van der Waals surface area contributed by atoms with E-state index in [0.717, 1.165) is 18.2 Å². The topological polar surface area (TPSA) is 78.4 Å². The number of nitrogens with two attached hydrogens (primary N) is 1. The summed E-state index contributed by atoms with van der Waals surface area (Å²) in [6.45, 7) is 0. The van der Waals surface area contributed by atoms with E-state index in [1.54, 1.807) is 0 Å². The summed E-state index contributed by atoms with van der Waals surface area (Å²) < 4.78 is 31.8. The van der Waals surface area contributed by atoms with E-state index in [2.05, 4.69) is 0 Å². The first-order valence-corrected chi connectivity index (χ1v) is 5.62. The highest BCUT2D eigenvalue weighted by molar-refractivity contribution is 6.32. The van der Waals surface area contributed by atoms with Gasteiger partial charge in [0.05, 0.1) is 21.7 Å². The Balaban J connectivity index is 2.38. The normalized spacial score (nSPS) is 10.3. The maximum absolute atomic E-state index is 13.7. The largest absolute Gasteiger partial charge is 0.453 e. The number of rotatable bonds is 3. The lowest BCUT2D eigenvalue weighted by molar-refractivity contribution is -0.385. The van der Waals surface area contributed by atoms with Crippen molar-refractivity contribution in [3.8, 4) is 11.5 Å². The molecule has 2 N–H and O–H groups in total. The van der Waals surface area contributed by atoms with Crippen molar-refractivity contribution in [1.29, 1.82) is 0 Å². The molecule has 2 rings (SSSR count). The van der Waals surface area contributed by atoms with E-state index < -0.39 is 28.0 Å². The molecule has 0 aliphatic rings. The Kier molecular flexibility index (Phi) is 3.71. The summed E-state index contributed by atoms with van der Waals surface area (Å²) in [6, 6.07) is 5.04. The number of nitrogens with zero attached hydrogens (tertiary/aromatic N) is 1. The highest BCUT2D eigenvalue weighted by atomic mass is 35.5. The minimum absolute atomic E-state index is 0.0542. The second-order valence-corrected chi connectivity index (χ2v) is 4.19. The fourth-order valence-electron chi connectivity index (χ4n) is 1.45. The smallest absolute Gasteiger partial charge is 0.274 e. The van der Waals surface area contributed by atoms with Gasteiger partial charge in [0.15, 0.2) is 11.6 Å². The Labute approximate surface area is 116 Å². The molecule has 0 bridgehead atoms. The van der Waals surface area contributed by atoms with E-state index in [-0.39, 0.29) is 16.5 Å². The Morgan fingerprint density at radius 2 is 1.90 bits per heavy atom. The van der Waals surface area contributed by atoms with Crippen LogP contribution in [0.1, 0.15) is 0 Å². The van der Waals surface area contributed by atoms with Gasteiger partial charge in [-0.05, 0) is 12.1 Å². The van der Waals surface area contributed by atoms with Crippen LogP contribution in [0.3, 0.4) is 0 Å². The number of halogens is 3. The van der Waals surface area contributed by atoms with Crippen LogP contribution in [-0.2, 0) is 0 Å². The van der Waals surface area contributed by atoms with Gasteiger partial charge in [0.25, 0.3) is 5.69 Å². The molecule has 0 unspecified atom stereocenters. The minimum Gasteiger partial charge on any atom is -0.453 e. The fraction of sp³-hybridized carbons (Fsp3) is 0. The lowest BCUT2D eigenvalue weighted by Gasteiger charge is -2.09. The van der Waals surface area contributed by atoms with E-state index in [4.69, 9.17) is 22.1 Å². The number of nitrogen functional groups attached to an aromatic ring is 1. The molecule has 0 saturated heterocycles. The molecule has 0 aliphatic carbocycles. The van der Waals surface area contributed by atoms with Gasteiger partial charge in [-0.15, -0.1) is 0 Å². The van der Waals surface area contributed by atoms with Gasteiger partial charge >= 0.3 is 0 Å². The molecule has 8 heteroatoms. The maximum atomic E-state index is 13.7. The van der Waals surface area contributed by atoms with Crippen LogP contribution in [0.2, 0.25) is 5.02 Å². The average Bonchev–Trinajstić information content (AvgIpc) is 2.37. The van der Waals surface area contributed by atoms with Gasteiger partial charge in [0, 0.05) is 12.1 Å².